The fourth-order valence-electron chi connectivity index (χ4n) is 5.63. The van der Waals surface area contributed by atoms with E-state index in [1.165, 1.54) is 0 Å². The summed E-state index contributed by atoms with van der Waals surface area (Å²) in [7, 11) is 0. The van der Waals surface area contributed by atoms with Gasteiger partial charge in [-0.05, 0) is 130 Å². The number of aromatic nitrogens is 3. The van der Waals surface area contributed by atoms with E-state index in [4.69, 9.17) is 0 Å². The highest BCUT2D eigenvalue weighted by Gasteiger charge is 2.19. The van der Waals surface area contributed by atoms with Crippen LogP contribution in [0.4, 0.5) is 0 Å². The summed E-state index contributed by atoms with van der Waals surface area (Å²) in [4.78, 5) is 42.5. The molecule has 0 saturated heterocycles. The van der Waals surface area contributed by atoms with E-state index in [2.05, 4.69) is 35.5 Å². The molecule has 0 bridgehead atoms. The number of hydrogen-bond acceptors (Lipinski definition) is 3. The zero-order valence-electron chi connectivity index (χ0n) is 29.9. The minimum atomic E-state index is -0.807. The summed E-state index contributed by atoms with van der Waals surface area (Å²) in [6.07, 6.45) is 0. The van der Waals surface area contributed by atoms with Crippen LogP contribution in [0.3, 0.4) is 0 Å². The summed E-state index contributed by atoms with van der Waals surface area (Å²) in [5.41, 5.74) is 6.59. The molecule has 0 N–H and O–H groups in total. The third kappa shape index (κ3) is 7.83. The summed E-state index contributed by atoms with van der Waals surface area (Å²) in [6.45, 7) is 6.05. The largest absolute Gasteiger partial charge is 0.345 e. The van der Waals surface area contributed by atoms with Crippen LogP contribution in [0, 0.1) is 56.3 Å². The molecule has 0 unspecified atom stereocenters. The molecule has 0 spiro atoms. The fourth-order valence-corrected chi connectivity index (χ4v) is 5.63. The van der Waals surface area contributed by atoms with E-state index >= 15 is 0 Å². The fraction of sp³-hybridized carbons (Fsp3) is 0.0625. The molecule has 0 radical (unpaired) electrons. The predicted octanol–water partition coefficient (Wildman–Crippen LogP) is 7.26. The van der Waals surface area contributed by atoms with Gasteiger partial charge >= 0.3 is 17.1 Å². The Morgan fingerprint density at radius 1 is 0.278 bits per heavy atom. The van der Waals surface area contributed by atoms with Gasteiger partial charge in [0.2, 0.25) is 0 Å². The van der Waals surface area contributed by atoms with E-state index < -0.39 is 17.1 Å². The first-order chi connectivity index (χ1) is 26.2. The summed E-state index contributed by atoms with van der Waals surface area (Å²) in [5, 5.41) is 0. The maximum Gasteiger partial charge on any atom is 0.345 e. The quantitative estimate of drug-likeness (QED) is 0.183. The monoisotopic (exact) mass is 699 g/mol. The minimum absolute atomic E-state index is 0.287. The van der Waals surface area contributed by atoms with E-state index in [0.717, 1.165) is 47.1 Å². The molecule has 0 fully saturated rings. The van der Waals surface area contributed by atoms with Gasteiger partial charge in [0, 0.05) is 33.4 Å². The van der Waals surface area contributed by atoms with E-state index in [0.29, 0.717) is 16.7 Å². The van der Waals surface area contributed by atoms with Gasteiger partial charge in [0.25, 0.3) is 0 Å². The van der Waals surface area contributed by atoms with Crippen molar-refractivity contribution in [1.29, 1.82) is 0 Å². The van der Waals surface area contributed by atoms with Crippen LogP contribution in [-0.4, -0.2) is 13.7 Å². The second kappa shape index (κ2) is 15.3. The van der Waals surface area contributed by atoms with Gasteiger partial charge in [-0.15, -0.1) is 0 Å². The molecule has 6 heteroatoms. The summed E-state index contributed by atoms with van der Waals surface area (Å²) in [6, 6.07) is 44.0. The lowest BCUT2D eigenvalue weighted by atomic mass is 10.1. The van der Waals surface area contributed by atoms with Crippen LogP contribution >= 0.6 is 0 Å². The second-order valence-corrected chi connectivity index (χ2v) is 12.8. The van der Waals surface area contributed by atoms with Gasteiger partial charge in [-0.25, -0.2) is 28.1 Å². The van der Waals surface area contributed by atoms with Crippen molar-refractivity contribution in [1.82, 2.24) is 13.7 Å². The Balaban J connectivity index is 1.30. The molecule has 6 nitrogen and oxygen atoms in total. The molecular formula is C48H33N3O3. The number of hydrogen-bond donors (Lipinski definition) is 0. The standard InChI is InChI=1S/C48H33N3O3/c1-34-4-10-37(11-5-34)16-19-40-22-28-43(29-23-40)49-46(52)50(44-30-24-41(25-31-44)20-17-38-12-6-35(2)7-13-38)48(54)51(47(49)53)45-32-26-42(27-33-45)21-18-39-14-8-36(3)9-15-39/h4-15,22-33H,1-3H3. The smallest absolute Gasteiger partial charge is 0.246 e. The molecule has 0 saturated carbocycles. The molecule has 6 aromatic carbocycles. The van der Waals surface area contributed by atoms with E-state index in [9.17, 15) is 14.4 Å². The number of nitrogens with zero attached hydrogens (tertiary/aromatic N) is 3. The van der Waals surface area contributed by atoms with Crippen LogP contribution in [0.5, 0.6) is 0 Å². The maximum absolute atomic E-state index is 14.2. The molecule has 1 heterocycles. The zero-order chi connectivity index (χ0) is 37.6. The summed E-state index contributed by atoms with van der Waals surface area (Å²) < 4.78 is 2.98. The second-order valence-electron chi connectivity index (χ2n) is 12.8. The number of benzene rings is 6. The average molecular weight is 700 g/mol. The molecule has 0 aliphatic carbocycles. The average Bonchev–Trinajstić information content (AvgIpc) is 3.19. The van der Waals surface area contributed by atoms with Crippen LogP contribution in [0.2, 0.25) is 0 Å². The first-order valence-electron chi connectivity index (χ1n) is 17.3. The van der Waals surface area contributed by atoms with Crippen LogP contribution in [-0.2, 0) is 0 Å². The maximum atomic E-state index is 14.2. The highest BCUT2D eigenvalue weighted by Crippen LogP contribution is 2.12. The molecule has 258 valence electrons. The Kier molecular flexibility index (Phi) is 9.90. The summed E-state index contributed by atoms with van der Waals surface area (Å²) >= 11 is 0. The third-order valence-electron chi connectivity index (χ3n) is 8.73. The molecule has 54 heavy (non-hydrogen) atoms. The molecule has 0 aliphatic rings. The van der Waals surface area contributed by atoms with E-state index in [-0.39, 0.29) is 17.1 Å². The Hall–Kier alpha value is -7.59. The van der Waals surface area contributed by atoms with Gasteiger partial charge in [0.15, 0.2) is 0 Å². The van der Waals surface area contributed by atoms with Gasteiger partial charge in [0.1, 0.15) is 0 Å². The molecule has 1 aromatic heterocycles. The Labute approximate surface area is 313 Å². The lowest BCUT2D eigenvalue weighted by Gasteiger charge is -2.14. The number of rotatable bonds is 3. The molecule has 0 atom stereocenters. The van der Waals surface area contributed by atoms with Gasteiger partial charge in [-0.3, -0.25) is 0 Å². The molecule has 7 rings (SSSR count). The van der Waals surface area contributed by atoms with Gasteiger partial charge in [-0.1, -0.05) is 88.6 Å². The summed E-state index contributed by atoms with van der Waals surface area (Å²) in [5.74, 6) is 18.8. The first kappa shape index (κ1) is 34.8. The minimum Gasteiger partial charge on any atom is -0.246 e. The van der Waals surface area contributed by atoms with Crippen molar-refractivity contribution in [2.75, 3.05) is 0 Å². The predicted molar refractivity (Wildman–Crippen MR) is 215 cm³/mol. The normalized spacial score (nSPS) is 10.3. The van der Waals surface area contributed by atoms with Crippen LogP contribution < -0.4 is 17.1 Å². The SMILES string of the molecule is Cc1ccc(C#Cc2ccc(-n3c(=O)n(-c4ccc(C#Cc5ccc(C)cc5)cc4)c(=O)n(-c4ccc(C#Cc5ccc(C)cc5)cc4)c3=O)cc2)cc1. The van der Waals surface area contributed by atoms with E-state index in [1.807, 2.05) is 93.6 Å². The highest BCUT2D eigenvalue weighted by atomic mass is 16.2. The molecule has 7 aromatic rings. The van der Waals surface area contributed by atoms with Crippen molar-refractivity contribution in [3.8, 4) is 52.6 Å². The van der Waals surface area contributed by atoms with Crippen molar-refractivity contribution in [2.24, 2.45) is 0 Å². The van der Waals surface area contributed by atoms with Gasteiger partial charge in [-0.2, -0.15) is 0 Å². The van der Waals surface area contributed by atoms with Gasteiger partial charge < -0.3 is 0 Å². The third-order valence-corrected chi connectivity index (χ3v) is 8.73. The van der Waals surface area contributed by atoms with Crippen molar-refractivity contribution in [3.63, 3.8) is 0 Å². The van der Waals surface area contributed by atoms with Crippen molar-refractivity contribution < 1.29 is 0 Å². The van der Waals surface area contributed by atoms with Crippen LogP contribution in [0.15, 0.2) is 160 Å². The highest BCUT2D eigenvalue weighted by molar-refractivity contribution is 5.50. The topological polar surface area (TPSA) is 66.0 Å². The molecule has 0 aliphatic heterocycles. The van der Waals surface area contributed by atoms with Crippen molar-refractivity contribution in [3.05, 3.63) is 227 Å². The lowest BCUT2D eigenvalue weighted by Crippen LogP contribution is -2.52. The van der Waals surface area contributed by atoms with Crippen molar-refractivity contribution in [2.45, 2.75) is 20.8 Å². The Morgan fingerprint density at radius 3 is 0.630 bits per heavy atom. The first-order valence-corrected chi connectivity index (χ1v) is 17.3. The zero-order valence-corrected chi connectivity index (χ0v) is 29.9. The lowest BCUT2D eigenvalue weighted by molar-refractivity contribution is 0.659. The van der Waals surface area contributed by atoms with Crippen molar-refractivity contribution >= 4 is 0 Å². The van der Waals surface area contributed by atoms with Crippen LogP contribution in [0.1, 0.15) is 50.1 Å². The molecular weight excluding hydrogens is 667 g/mol. The number of aryl methyl sites for hydroxylation is 3. The van der Waals surface area contributed by atoms with E-state index in [1.54, 1.807) is 72.8 Å². The molecule has 0 amide bonds. The Bertz CT molecular complexity index is 2510. The van der Waals surface area contributed by atoms with Crippen LogP contribution in [0.25, 0.3) is 17.1 Å². The Morgan fingerprint density at radius 2 is 0.444 bits per heavy atom. The van der Waals surface area contributed by atoms with Gasteiger partial charge in [0.05, 0.1) is 17.1 Å².